The lowest BCUT2D eigenvalue weighted by atomic mass is 9.69. The second-order valence-corrected chi connectivity index (χ2v) is 4.01. The van der Waals surface area contributed by atoms with E-state index in [1.54, 1.807) is 0 Å². The van der Waals surface area contributed by atoms with E-state index in [1.807, 2.05) is 36.4 Å². The molecular weight excluding hydrogens is 198 g/mol. The highest BCUT2D eigenvalue weighted by Crippen LogP contribution is 2.47. The molecule has 1 aromatic rings. The monoisotopic (exact) mass is 205 g/mol. The molecule has 1 aromatic carbocycles. The van der Waals surface area contributed by atoms with Crippen molar-refractivity contribution in [1.82, 2.24) is 0 Å². The molecule has 2 atom stereocenters. The number of benzene rings is 1. The second kappa shape index (κ2) is 3.11. The minimum Gasteiger partial charge on any atom is -0.296 e. The Morgan fingerprint density at radius 3 is 2.57 bits per heavy atom. The highest BCUT2D eigenvalue weighted by atomic mass is 35.5. The van der Waals surface area contributed by atoms with Gasteiger partial charge in [0.1, 0.15) is 0 Å². The first-order valence-corrected chi connectivity index (χ1v) is 4.74. The van der Waals surface area contributed by atoms with E-state index in [0.717, 1.165) is 5.56 Å². The van der Waals surface area contributed by atoms with Gasteiger partial charge in [0.2, 0.25) is 0 Å². The van der Waals surface area contributed by atoms with E-state index in [0.29, 0.717) is 6.42 Å². The zero-order valence-corrected chi connectivity index (χ0v) is 8.16. The summed E-state index contributed by atoms with van der Waals surface area (Å²) >= 11 is 5.93. The summed E-state index contributed by atoms with van der Waals surface area (Å²) in [5.41, 5.74) is 0.962. The van der Waals surface area contributed by atoms with Crippen molar-refractivity contribution in [2.45, 2.75) is 17.2 Å². The number of Topliss-reactive ketones (excluding diaryl/α,β-unsaturated/α-hetero) is 1. The van der Waals surface area contributed by atoms with Crippen LogP contribution < -0.4 is 0 Å². The summed E-state index contributed by atoms with van der Waals surface area (Å²) in [6.45, 7) is 0. The Labute approximate surface area is 87.1 Å². The summed E-state index contributed by atoms with van der Waals surface area (Å²) in [5.74, 6) is -0.321. The van der Waals surface area contributed by atoms with Crippen LogP contribution in [0.5, 0.6) is 0 Å². The molecule has 2 nitrogen and oxygen atoms in total. The van der Waals surface area contributed by atoms with Gasteiger partial charge in [0.05, 0.1) is 6.07 Å². The van der Waals surface area contributed by atoms with Gasteiger partial charge in [-0.05, 0) is 5.56 Å². The average Bonchev–Trinajstić information content (AvgIpc) is 2.25. The molecule has 0 amide bonds. The average molecular weight is 206 g/mol. The van der Waals surface area contributed by atoms with Crippen LogP contribution in [0.4, 0.5) is 0 Å². The maximum atomic E-state index is 11.2. The van der Waals surface area contributed by atoms with E-state index in [2.05, 4.69) is 0 Å². The van der Waals surface area contributed by atoms with Gasteiger partial charge in [-0.3, -0.25) is 4.79 Å². The van der Waals surface area contributed by atoms with Crippen LogP contribution in [0.3, 0.4) is 0 Å². The van der Waals surface area contributed by atoms with E-state index < -0.39 is 4.87 Å². The van der Waals surface area contributed by atoms with Gasteiger partial charge in [0.15, 0.2) is 10.7 Å². The molecule has 0 N–H and O–H groups in total. The summed E-state index contributed by atoms with van der Waals surface area (Å²) in [6, 6.07) is 11.3. The van der Waals surface area contributed by atoms with Crippen molar-refractivity contribution in [3.8, 4) is 6.07 Å². The molecule has 1 saturated carbocycles. The molecule has 1 aliphatic carbocycles. The van der Waals surface area contributed by atoms with Crippen molar-refractivity contribution < 1.29 is 4.79 Å². The number of carbonyl (C=O) groups is 1. The van der Waals surface area contributed by atoms with Crippen molar-refractivity contribution in [3.63, 3.8) is 0 Å². The summed E-state index contributed by atoms with van der Waals surface area (Å²) in [5, 5.41) is 8.84. The highest BCUT2D eigenvalue weighted by molar-refractivity contribution is 6.41. The first kappa shape index (κ1) is 9.23. The van der Waals surface area contributed by atoms with Gasteiger partial charge in [-0.2, -0.15) is 5.26 Å². The van der Waals surface area contributed by atoms with Crippen LogP contribution in [0.2, 0.25) is 0 Å². The first-order valence-electron chi connectivity index (χ1n) is 4.37. The number of halogens is 1. The molecule has 0 aliphatic heterocycles. The van der Waals surface area contributed by atoms with Gasteiger partial charge in [-0.25, -0.2) is 0 Å². The molecule has 0 heterocycles. The molecule has 70 valence electrons. The molecule has 1 aliphatic rings. The van der Waals surface area contributed by atoms with Crippen molar-refractivity contribution in [3.05, 3.63) is 35.9 Å². The zero-order valence-electron chi connectivity index (χ0n) is 7.40. The van der Waals surface area contributed by atoms with Crippen LogP contribution in [-0.2, 0) is 4.79 Å². The molecule has 2 rings (SSSR count). The molecule has 14 heavy (non-hydrogen) atoms. The molecular formula is C11H8ClNO. The number of nitrogens with zero attached hydrogens (tertiary/aromatic N) is 1. The molecule has 2 unspecified atom stereocenters. The SMILES string of the molecule is N#CC1(Cl)C(=O)CC1c1ccccc1. The molecule has 0 aromatic heterocycles. The fourth-order valence-electron chi connectivity index (χ4n) is 1.71. The number of alkyl halides is 1. The quantitative estimate of drug-likeness (QED) is 0.660. The maximum absolute atomic E-state index is 11.2. The second-order valence-electron chi connectivity index (χ2n) is 3.41. The topological polar surface area (TPSA) is 40.9 Å². The first-order chi connectivity index (χ1) is 6.68. The molecule has 3 heteroatoms. The number of hydrogen-bond donors (Lipinski definition) is 0. The fourth-order valence-corrected chi connectivity index (χ4v) is 1.99. The van der Waals surface area contributed by atoms with E-state index >= 15 is 0 Å². The molecule has 0 radical (unpaired) electrons. The number of nitriles is 1. The largest absolute Gasteiger partial charge is 0.296 e. The third-order valence-electron chi connectivity index (χ3n) is 2.64. The van der Waals surface area contributed by atoms with Crippen molar-refractivity contribution in [2.75, 3.05) is 0 Å². The predicted octanol–water partition coefficient (Wildman–Crippen LogP) is 2.24. The minimum absolute atomic E-state index is 0.150. The van der Waals surface area contributed by atoms with Crippen LogP contribution in [0.1, 0.15) is 17.9 Å². The number of ketones is 1. The standard InChI is InChI=1S/C11H8ClNO/c12-11(7-13)9(6-10(11)14)8-4-2-1-3-5-8/h1-5,9H,6H2. The van der Waals surface area contributed by atoms with Gasteiger partial charge < -0.3 is 0 Å². The van der Waals surface area contributed by atoms with E-state index in [9.17, 15) is 4.79 Å². The zero-order chi connectivity index (χ0) is 10.2. The maximum Gasteiger partial charge on any atom is 0.195 e. The molecule has 0 spiro atoms. The van der Waals surface area contributed by atoms with Gasteiger partial charge in [0.25, 0.3) is 0 Å². The lowest BCUT2D eigenvalue weighted by Crippen LogP contribution is -2.49. The third kappa shape index (κ3) is 1.13. The van der Waals surface area contributed by atoms with Gasteiger partial charge in [-0.15, -0.1) is 0 Å². The van der Waals surface area contributed by atoms with Crippen LogP contribution in [-0.4, -0.2) is 10.7 Å². The fraction of sp³-hybridized carbons (Fsp3) is 0.273. The summed E-state index contributed by atoms with van der Waals surface area (Å²) in [7, 11) is 0. The Kier molecular flexibility index (Phi) is 2.05. The minimum atomic E-state index is -1.32. The van der Waals surface area contributed by atoms with E-state index in [1.165, 1.54) is 0 Å². The van der Waals surface area contributed by atoms with Crippen molar-refractivity contribution in [1.29, 1.82) is 5.26 Å². The number of carbonyl (C=O) groups excluding carboxylic acids is 1. The van der Waals surface area contributed by atoms with Gasteiger partial charge in [0, 0.05) is 12.3 Å². The van der Waals surface area contributed by atoms with Gasteiger partial charge >= 0.3 is 0 Å². The Morgan fingerprint density at radius 2 is 2.07 bits per heavy atom. The van der Waals surface area contributed by atoms with Crippen LogP contribution in [0.25, 0.3) is 0 Å². The van der Waals surface area contributed by atoms with Crippen LogP contribution >= 0.6 is 11.6 Å². The predicted molar refractivity (Wildman–Crippen MR) is 53.0 cm³/mol. The van der Waals surface area contributed by atoms with Crippen LogP contribution in [0, 0.1) is 11.3 Å². The van der Waals surface area contributed by atoms with E-state index in [-0.39, 0.29) is 11.7 Å². The van der Waals surface area contributed by atoms with Crippen molar-refractivity contribution in [2.24, 2.45) is 0 Å². The lowest BCUT2D eigenvalue weighted by molar-refractivity contribution is -0.126. The highest BCUT2D eigenvalue weighted by Gasteiger charge is 2.54. The molecule has 0 saturated heterocycles. The number of rotatable bonds is 1. The van der Waals surface area contributed by atoms with E-state index in [4.69, 9.17) is 16.9 Å². The Balaban J connectivity index is 2.33. The molecule has 0 bridgehead atoms. The summed E-state index contributed by atoms with van der Waals surface area (Å²) < 4.78 is 0. The third-order valence-corrected chi connectivity index (χ3v) is 3.20. The smallest absolute Gasteiger partial charge is 0.195 e. The Morgan fingerprint density at radius 1 is 1.43 bits per heavy atom. The summed E-state index contributed by atoms with van der Waals surface area (Å²) in [4.78, 5) is 9.89. The Hall–Kier alpha value is -1.33. The number of hydrogen-bond acceptors (Lipinski definition) is 2. The molecule has 1 fully saturated rings. The van der Waals surface area contributed by atoms with Gasteiger partial charge in [-0.1, -0.05) is 41.9 Å². The summed E-state index contributed by atoms with van der Waals surface area (Å²) in [6.07, 6.45) is 0.376. The lowest BCUT2D eigenvalue weighted by Gasteiger charge is -2.37. The normalized spacial score (nSPS) is 30.6. The van der Waals surface area contributed by atoms with Crippen molar-refractivity contribution >= 4 is 17.4 Å². The van der Waals surface area contributed by atoms with Crippen LogP contribution in [0.15, 0.2) is 30.3 Å². The Bertz CT molecular complexity index is 409.